The zero-order valence-electron chi connectivity index (χ0n) is 11.4. The molecule has 0 aliphatic heterocycles. The molecule has 0 heterocycles. The Labute approximate surface area is 105 Å². The van der Waals surface area contributed by atoms with E-state index in [4.69, 9.17) is 11.3 Å². The van der Waals surface area contributed by atoms with Crippen LogP contribution in [0.1, 0.15) is 59.3 Å². The molecule has 0 amide bonds. The Morgan fingerprint density at radius 2 is 1.88 bits per heavy atom. The van der Waals surface area contributed by atoms with Gasteiger partial charge in [0.1, 0.15) is 0 Å². The van der Waals surface area contributed by atoms with Crippen molar-refractivity contribution in [3.8, 4) is 0 Å². The Kier molecular flexibility index (Phi) is 9.52. The molecule has 0 aliphatic carbocycles. The third kappa shape index (κ3) is 6.99. The molecule has 0 spiro atoms. The summed E-state index contributed by atoms with van der Waals surface area (Å²) < 4.78 is 5.15. The highest BCUT2D eigenvalue weighted by atomic mass is 16.5. The molecule has 0 rings (SSSR count). The number of esters is 1. The standard InChI is InChI=1S/C14H25NO2/c1-5-7-8-9-10-11-17-14(16)13(15-4)12(3)6-2/h12-13H,5-11H2,1-3H3. The molecule has 2 atom stereocenters. The maximum Gasteiger partial charge on any atom is 0.390 e. The summed E-state index contributed by atoms with van der Waals surface area (Å²) in [5, 5.41) is 0. The minimum atomic E-state index is -0.615. The molecule has 0 aliphatic rings. The van der Waals surface area contributed by atoms with Crippen LogP contribution in [0.4, 0.5) is 0 Å². The van der Waals surface area contributed by atoms with E-state index < -0.39 is 6.04 Å². The van der Waals surface area contributed by atoms with Crippen molar-refractivity contribution in [2.75, 3.05) is 6.61 Å². The highest BCUT2D eigenvalue weighted by molar-refractivity contribution is 5.78. The Balaban J connectivity index is 3.74. The number of unbranched alkanes of at least 4 members (excludes halogenated alkanes) is 4. The van der Waals surface area contributed by atoms with Crippen LogP contribution in [-0.2, 0) is 9.53 Å². The summed E-state index contributed by atoms with van der Waals surface area (Å²) in [4.78, 5) is 15.0. The van der Waals surface area contributed by atoms with Crippen LogP contribution in [0.15, 0.2) is 0 Å². The molecule has 0 radical (unpaired) electrons. The van der Waals surface area contributed by atoms with Gasteiger partial charge in [-0.3, -0.25) is 0 Å². The quantitative estimate of drug-likeness (QED) is 0.348. The lowest BCUT2D eigenvalue weighted by atomic mass is 10.0. The van der Waals surface area contributed by atoms with Gasteiger partial charge in [0.15, 0.2) is 0 Å². The summed E-state index contributed by atoms with van der Waals surface area (Å²) in [6, 6.07) is -0.615. The van der Waals surface area contributed by atoms with Crippen LogP contribution in [-0.4, -0.2) is 18.6 Å². The number of carbonyl (C=O) groups excluding carboxylic acids is 1. The van der Waals surface area contributed by atoms with Gasteiger partial charge < -0.3 is 9.58 Å². The molecular formula is C14H25NO2. The molecule has 2 unspecified atom stereocenters. The van der Waals surface area contributed by atoms with Gasteiger partial charge >= 0.3 is 12.0 Å². The van der Waals surface area contributed by atoms with E-state index in [2.05, 4.69) is 11.8 Å². The lowest BCUT2D eigenvalue weighted by Gasteiger charge is -2.11. The van der Waals surface area contributed by atoms with Gasteiger partial charge in [-0.25, -0.2) is 11.4 Å². The fourth-order valence-electron chi connectivity index (χ4n) is 1.60. The molecule has 3 nitrogen and oxygen atoms in total. The van der Waals surface area contributed by atoms with Crippen LogP contribution < -0.4 is 0 Å². The summed E-state index contributed by atoms with van der Waals surface area (Å²) in [5.74, 6) is -0.259. The number of rotatable bonds is 9. The topological polar surface area (TPSA) is 30.7 Å². The van der Waals surface area contributed by atoms with Gasteiger partial charge in [-0.15, -0.1) is 0 Å². The van der Waals surface area contributed by atoms with Crippen LogP contribution >= 0.6 is 0 Å². The van der Waals surface area contributed by atoms with Crippen molar-refractivity contribution in [1.82, 2.24) is 0 Å². The first kappa shape index (κ1) is 16.0. The van der Waals surface area contributed by atoms with Crippen molar-refractivity contribution in [3.05, 3.63) is 11.4 Å². The first-order chi connectivity index (χ1) is 8.17. The molecule has 0 bridgehead atoms. The van der Waals surface area contributed by atoms with Gasteiger partial charge in [0.05, 0.1) is 6.61 Å². The predicted molar refractivity (Wildman–Crippen MR) is 69.6 cm³/mol. The predicted octanol–water partition coefficient (Wildman–Crippen LogP) is 3.83. The van der Waals surface area contributed by atoms with E-state index in [-0.39, 0.29) is 11.9 Å². The summed E-state index contributed by atoms with van der Waals surface area (Å²) in [6.45, 7) is 13.6. The lowest BCUT2D eigenvalue weighted by Crippen LogP contribution is -2.26. The van der Waals surface area contributed by atoms with E-state index in [9.17, 15) is 4.79 Å². The van der Waals surface area contributed by atoms with Crippen molar-refractivity contribution in [1.29, 1.82) is 0 Å². The SMILES string of the molecule is [C-]#[N+]C(C(=O)OCCCCCCC)C(C)CC. The second kappa shape index (κ2) is 10.1. The molecule has 0 aromatic rings. The van der Waals surface area contributed by atoms with E-state index in [0.29, 0.717) is 6.61 Å². The van der Waals surface area contributed by atoms with E-state index in [1.807, 2.05) is 13.8 Å². The Morgan fingerprint density at radius 3 is 2.41 bits per heavy atom. The average molecular weight is 239 g/mol. The van der Waals surface area contributed by atoms with Crippen LogP contribution in [0.25, 0.3) is 4.85 Å². The second-order valence-corrected chi connectivity index (χ2v) is 4.54. The molecular weight excluding hydrogens is 214 g/mol. The molecule has 0 saturated heterocycles. The Morgan fingerprint density at radius 1 is 1.24 bits per heavy atom. The number of ether oxygens (including phenoxy) is 1. The lowest BCUT2D eigenvalue weighted by molar-refractivity contribution is -0.145. The zero-order chi connectivity index (χ0) is 13.1. The average Bonchev–Trinajstić information content (AvgIpc) is 2.34. The molecule has 17 heavy (non-hydrogen) atoms. The zero-order valence-corrected chi connectivity index (χ0v) is 11.4. The summed E-state index contributed by atoms with van der Waals surface area (Å²) in [5.41, 5.74) is 0. The number of nitrogens with zero attached hydrogens (tertiary/aromatic N) is 1. The maximum absolute atomic E-state index is 11.6. The van der Waals surface area contributed by atoms with Crippen LogP contribution in [0.3, 0.4) is 0 Å². The fourth-order valence-corrected chi connectivity index (χ4v) is 1.60. The number of hydrogen-bond donors (Lipinski definition) is 0. The van der Waals surface area contributed by atoms with Gasteiger partial charge in [0.2, 0.25) is 0 Å². The van der Waals surface area contributed by atoms with Crippen LogP contribution in [0, 0.1) is 12.5 Å². The van der Waals surface area contributed by atoms with Crippen molar-refractivity contribution < 1.29 is 9.53 Å². The van der Waals surface area contributed by atoms with Gasteiger partial charge in [-0.1, -0.05) is 46.5 Å². The third-order valence-electron chi connectivity index (χ3n) is 3.06. The van der Waals surface area contributed by atoms with Gasteiger partial charge in [0.25, 0.3) is 0 Å². The minimum absolute atomic E-state index is 0.0834. The third-order valence-corrected chi connectivity index (χ3v) is 3.06. The minimum Gasteiger partial charge on any atom is -0.460 e. The first-order valence-electron chi connectivity index (χ1n) is 6.70. The number of hydrogen-bond acceptors (Lipinski definition) is 2. The van der Waals surface area contributed by atoms with Gasteiger partial charge in [-0.05, 0) is 12.8 Å². The molecule has 0 fully saturated rings. The molecule has 0 aromatic heterocycles. The maximum atomic E-state index is 11.6. The molecule has 98 valence electrons. The normalized spacial score (nSPS) is 13.8. The van der Waals surface area contributed by atoms with Gasteiger partial charge in [-0.2, -0.15) is 0 Å². The van der Waals surface area contributed by atoms with Crippen molar-refractivity contribution in [2.45, 2.75) is 65.3 Å². The first-order valence-corrected chi connectivity index (χ1v) is 6.70. The highest BCUT2D eigenvalue weighted by Crippen LogP contribution is 2.13. The van der Waals surface area contributed by atoms with Crippen molar-refractivity contribution in [2.24, 2.45) is 5.92 Å². The van der Waals surface area contributed by atoms with Crippen molar-refractivity contribution >= 4 is 5.97 Å². The largest absolute Gasteiger partial charge is 0.460 e. The van der Waals surface area contributed by atoms with E-state index in [0.717, 1.165) is 19.3 Å². The summed E-state index contributed by atoms with van der Waals surface area (Å²) >= 11 is 0. The van der Waals surface area contributed by atoms with Gasteiger partial charge in [0, 0.05) is 5.92 Å². The molecule has 0 N–H and O–H groups in total. The molecule has 3 heteroatoms. The van der Waals surface area contributed by atoms with E-state index >= 15 is 0 Å². The monoisotopic (exact) mass is 239 g/mol. The summed E-state index contributed by atoms with van der Waals surface area (Å²) in [6.07, 6.45) is 6.51. The highest BCUT2D eigenvalue weighted by Gasteiger charge is 2.30. The van der Waals surface area contributed by atoms with Crippen LogP contribution in [0.2, 0.25) is 0 Å². The van der Waals surface area contributed by atoms with E-state index in [1.165, 1.54) is 19.3 Å². The Bertz CT molecular complexity index is 245. The smallest absolute Gasteiger partial charge is 0.390 e. The molecule has 0 saturated carbocycles. The number of carbonyl (C=O) groups is 1. The van der Waals surface area contributed by atoms with E-state index in [1.54, 1.807) is 0 Å². The Hall–Kier alpha value is -1.04. The van der Waals surface area contributed by atoms with Crippen molar-refractivity contribution in [3.63, 3.8) is 0 Å². The summed E-state index contributed by atoms with van der Waals surface area (Å²) in [7, 11) is 0. The van der Waals surface area contributed by atoms with Crippen LogP contribution in [0.5, 0.6) is 0 Å². The molecule has 0 aromatic carbocycles. The fraction of sp³-hybridized carbons (Fsp3) is 0.857. The second-order valence-electron chi connectivity index (χ2n) is 4.54.